The molecule has 0 radical (unpaired) electrons. The Kier molecular flexibility index (Phi) is 10.2. The van der Waals surface area contributed by atoms with Gasteiger partial charge in [-0.2, -0.15) is 0 Å². The van der Waals surface area contributed by atoms with E-state index in [1.807, 2.05) is 0 Å². The zero-order chi connectivity index (χ0) is 20.6. The molecule has 1 saturated heterocycles. The molecule has 7 heteroatoms. The molecule has 2 N–H and O–H groups in total. The topological polar surface area (TPSA) is 60.0 Å². The maximum absolute atomic E-state index is 12.6. The highest BCUT2D eigenvalue weighted by molar-refractivity contribution is 14.0. The lowest BCUT2D eigenvalue weighted by molar-refractivity contribution is -0.134. The van der Waals surface area contributed by atoms with Crippen LogP contribution in [0.4, 0.5) is 5.69 Å². The van der Waals surface area contributed by atoms with Crippen LogP contribution in [0.15, 0.2) is 29.3 Å². The summed E-state index contributed by atoms with van der Waals surface area (Å²) in [5.74, 6) is 1.50. The fourth-order valence-electron chi connectivity index (χ4n) is 4.28. The molecule has 6 nitrogen and oxygen atoms in total. The first-order valence-electron chi connectivity index (χ1n) is 11.2. The van der Waals surface area contributed by atoms with Gasteiger partial charge in [-0.05, 0) is 50.3 Å². The summed E-state index contributed by atoms with van der Waals surface area (Å²) in [6.07, 6.45) is 6.48. The molecule has 1 aliphatic heterocycles. The number of guanidine groups is 1. The first kappa shape index (κ1) is 24.8. The van der Waals surface area contributed by atoms with Gasteiger partial charge >= 0.3 is 0 Å². The van der Waals surface area contributed by atoms with E-state index in [1.54, 1.807) is 0 Å². The Morgan fingerprint density at radius 1 is 1.17 bits per heavy atom. The summed E-state index contributed by atoms with van der Waals surface area (Å²) in [6.45, 7) is 5.33. The van der Waals surface area contributed by atoms with Gasteiger partial charge in [0.2, 0.25) is 5.91 Å². The highest BCUT2D eigenvalue weighted by atomic mass is 127. The van der Waals surface area contributed by atoms with E-state index >= 15 is 0 Å². The lowest BCUT2D eigenvalue weighted by Crippen LogP contribution is -2.45. The Labute approximate surface area is 198 Å². The van der Waals surface area contributed by atoms with Crippen molar-refractivity contribution >= 4 is 41.5 Å². The number of benzene rings is 1. The molecule has 0 aromatic heterocycles. The van der Waals surface area contributed by atoms with Crippen molar-refractivity contribution < 1.29 is 4.79 Å². The van der Waals surface area contributed by atoms with Crippen LogP contribution in [0.25, 0.3) is 0 Å². The number of hydrogen-bond donors (Lipinski definition) is 2. The molecular weight excluding hydrogens is 489 g/mol. The van der Waals surface area contributed by atoms with Gasteiger partial charge in [0.1, 0.15) is 0 Å². The summed E-state index contributed by atoms with van der Waals surface area (Å²) in [5.41, 5.74) is 2.51. The number of anilines is 1. The smallest absolute Gasteiger partial charge is 0.225 e. The SMILES string of the molecule is CCNC(=NCCc1ccc(N(C)C)cc1)NC1CCN(C(=O)C2CCCC2)C1.I. The van der Waals surface area contributed by atoms with Crippen LogP contribution in [0.5, 0.6) is 0 Å². The summed E-state index contributed by atoms with van der Waals surface area (Å²) >= 11 is 0. The second kappa shape index (κ2) is 12.4. The molecule has 1 aromatic rings. The predicted octanol–water partition coefficient (Wildman–Crippen LogP) is 3.26. The van der Waals surface area contributed by atoms with E-state index in [0.29, 0.717) is 5.91 Å². The second-order valence-electron chi connectivity index (χ2n) is 8.47. The van der Waals surface area contributed by atoms with E-state index < -0.39 is 0 Å². The first-order chi connectivity index (χ1) is 14.1. The van der Waals surface area contributed by atoms with Crippen molar-refractivity contribution in [3.05, 3.63) is 29.8 Å². The average molecular weight is 527 g/mol. The highest BCUT2D eigenvalue weighted by Gasteiger charge is 2.32. The van der Waals surface area contributed by atoms with Crippen LogP contribution in [0.3, 0.4) is 0 Å². The zero-order valence-corrected chi connectivity index (χ0v) is 21.0. The van der Waals surface area contributed by atoms with E-state index in [9.17, 15) is 4.79 Å². The van der Waals surface area contributed by atoms with Crippen molar-refractivity contribution in [2.45, 2.75) is 51.5 Å². The highest BCUT2D eigenvalue weighted by Crippen LogP contribution is 2.27. The third kappa shape index (κ3) is 7.03. The van der Waals surface area contributed by atoms with E-state index in [1.165, 1.54) is 24.1 Å². The molecule has 2 aliphatic rings. The van der Waals surface area contributed by atoms with Gasteiger partial charge in [0.25, 0.3) is 0 Å². The van der Waals surface area contributed by atoms with Gasteiger partial charge in [-0.1, -0.05) is 25.0 Å². The fourth-order valence-corrected chi connectivity index (χ4v) is 4.28. The molecule has 30 heavy (non-hydrogen) atoms. The number of carbonyl (C=O) groups is 1. The van der Waals surface area contributed by atoms with E-state index in [4.69, 9.17) is 4.99 Å². The number of nitrogens with zero attached hydrogens (tertiary/aromatic N) is 3. The summed E-state index contributed by atoms with van der Waals surface area (Å²) < 4.78 is 0. The number of nitrogens with one attached hydrogen (secondary N) is 2. The summed E-state index contributed by atoms with van der Waals surface area (Å²) in [7, 11) is 4.11. The van der Waals surface area contributed by atoms with Crippen LogP contribution in [-0.4, -0.2) is 63.1 Å². The fraction of sp³-hybridized carbons (Fsp3) is 0.652. The Morgan fingerprint density at radius 3 is 2.50 bits per heavy atom. The van der Waals surface area contributed by atoms with Gasteiger partial charge in [0.15, 0.2) is 5.96 Å². The van der Waals surface area contributed by atoms with Crippen LogP contribution in [0, 0.1) is 5.92 Å². The maximum atomic E-state index is 12.6. The van der Waals surface area contributed by atoms with Crippen molar-refractivity contribution in [1.29, 1.82) is 0 Å². The Hall–Kier alpha value is -1.51. The summed E-state index contributed by atoms with van der Waals surface area (Å²) in [4.78, 5) is 21.6. The minimum atomic E-state index is 0. The quantitative estimate of drug-likeness (QED) is 0.325. The second-order valence-corrected chi connectivity index (χ2v) is 8.47. The van der Waals surface area contributed by atoms with Crippen LogP contribution >= 0.6 is 24.0 Å². The van der Waals surface area contributed by atoms with Crippen LogP contribution in [0.2, 0.25) is 0 Å². The van der Waals surface area contributed by atoms with Crippen LogP contribution in [-0.2, 0) is 11.2 Å². The number of likely N-dealkylation sites (tertiary alicyclic amines) is 1. The molecule has 1 aromatic carbocycles. The van der Waals surface area contributed by atoms with Gasteiger partial charge in [-0.15, -0.1) is 24.0 Å². The molecule has 1 atom stereocenters. The number of amides is 1. The third-order valence-corrected chi connectivity index (χ3v) is 6.01. The standard InChI is InChI=1S/C23H37N5O.HI/c1-4-24-23(25-15-13-18-9-11-21(12-10-18)27(2)3)26-20-14-16-28(17-20)22(29)19-7-5-6-8-19;/h9-12,19-20H,4-8,13-17H2,1-3H3,(H2,24,25,26);1H. The van der Waals surface area contributed by atoms with Crippen molar-refractivity contribution in [2.75, 3.05) is 45.2 Å². The first-order valence-corrected chi connectivity index (χ1v) is 11.2. The number of aliphatic imine (C=N–C) groups is 1. The molecule has 1 saturated carbocycles. The minimum Gasteiger partial charge on any atom is -0.378 e. The van der Waals surface area contributed by atoms with Crippen molar-refractivity contribution in [1.82, 2.24) is 15.5 Å². The average Bonchev–Trinajstić information content (AvgIpc) is 3.40. The van der Waals surface area contributed by atoms with Gasteiger partial charge in [0.05, 0.1) is 0 Å². The van der Waals surface area contributed by atoms with Gasteiger partial charge in [-0.3, -0.25) is 9.79 Å². The van der Waals surface area contributed by atoms with Gasteiger partial charge in [0, 0.05) is 57.9 Å². The summed E-state index contributed by atoms with van der Waals surface area (Å²) in [6, 6.07) is 8.94. The molecule has 1 heterocycles. The molecule has 2 fully saturated rings. The predicted molar refractivity (Wildman–Crippen MR) is 136 cm³/mol. The van der Waals surface area contributed by atoms with Gasteiger partial charge in [-0.25, -0.2) is 0 Å². The molecule has 1 unspecified atom stereocenters. The van der Waals surface area contributed by atoms with Crippen LogP contribution < -0.4 is 15.5 Å². The maximum Gasteiger partial charge on any atom is 0.225 e. The number of carbonyl (C=O) groups excluding carboxylic acids is 1. The largest absolute Gasteiger partial charge is 0.378 e. The zero-order valence-electron chi connectivity index (χ0n) is 18.7. The molecule has 1 amide bonds. The molecule has 1 aliphatic carbocycles. The normalized spacial score (nSPS) is 19.5. The van der Waals surface area contributed by atoms with E-state index in [2.05, 4.69) is 65.7 Å². The number of rotatable bonds is 7. The van der Waals surface area contributed by atoms with Crippen molar-refractivity contribution in [3.63, 3.8) is 0 Å². The molecule has 0 bridgehead atoms. The Balaban J connectivity index is 0.00000320. The Morgan fingerprint density at radius 2 is 1.87 bits per heavy atom. The summed E-state index contributed by atoms with van der Waals surface area (Å²) in [5, 5.41) is 6.89. The van der Waals surface area contributed by atoms with E-state index in [0.717, 1.165) is 57.8 Å². The molecular formula is C23H38IN5O. The number of hydrogen-bond acceptors (Lipinski definition) is 3. The third-order valence-electron chi connectivity index (χ3n) is 6.01. The molecule has 168 valence electrons. The minimum absolute atomic E-state index is 0. The van der Waals surface area contributed by atoms with Gasteiger partial charge < -0.3 is 20.4 Å². The monoisotopic (exact) mass is 527 g/mol. The Bertz CT molecular complexity index is 685. The van der Waals surface area contributed by atoms with Crippen molar-refractivity contribution in [3.8, 4) is 0 Å². The van der Waals surface area contributed by atoms with E-state index in [-0.39, 0.29) is 35.9 Å². The van der Waals surface area contributed by atoms with Crippen molar-refractivity contribution in [2.24, 2.45) is 10.9 Å². The van der Waals surface area contributed by atoms with Crippen LogP contribution in [0.1, 0.15) is 44.6 Å². The molecule has 3 rings (SSSR count). The lowest BCUT2D eigenvalue weighted by Gasteiger charge is -2.21. The number of halogens is 1. The molecule has 0 spiro atoms. The lowest BCUT2D eigenvalue weighted by atomic mass is 10.1.